The van der Waals surface area contributed by atoms with E-state index in [1.54, 1.807) is 24.1 Å². The number of rotatable bonds is 6. The minimum atomic E-state index is -0.770. The van der Waals surface area contributed by atoms with E-state index in [0.29, 0.717) is 43.7 Å². The number of carboxylic acid groups (broad SMARTS) is 1. The quantitative estimate of drug-likeness (QED) is 0.509. The Labute approximate surface area is 210 Å². The zero-order valence-electron chi connectivity index (χ0n) is 20.7. The Morgan fingerprint density at radius 2 is 1.81 bits per heavy atom. The van der Waals surface area contributed by atoms with E-state index in [9.17, 15) is 14.4 Å². The molecule has 1 heterocycles. The summed E-state index contributed by atoms with van der Waals surface area (Å²) in [5.74, 6) is 0.132. The third-order valence-electron chi connectivity index (χ3n) is 6.94. The summed E-state index contributed by atoms with van der Waals surface area (Å²) >= 11 is 0. The van der Waals surface area contributed by atoms with Gasteiger partial charge in [0.25, 0.3) is 0 Å². The summed E-state index contributed by atoms with van der Waals surface area (Å²) < 4.78 is 10.9. The van der Waals surface area contributed by atoms with E-state index in [0.717, 1.165) is 35.3 Å². The van der Waals surface area contributed by atoms with Gasteiger partial charge in [-0.15, -0.1) is 0 Å². The molecule has 4 rings (SSSR count). The Morgan fingerprint density at radius 3 is 2.50 bits per heavy atom. The number of nitrogens with one attached hydrogen (secondary N) is 2. The van der Waals surface area contributed by atoms with Crippen molar-refractivity contribution in [1.29, 1.82) is 0 Å². The molecular weight excluding hydrogens is 462 g/mol. The van der Waals surface area contributed by atoms with Gasteiger partial charge in [-0.25, -0.2) is 9.59 Å². The van der Waals surface area contributed by atoms with Crippen molar-refractivity contribution in [3.05, 3.63) is 53.1 Å². The third kappa shape index (κ3) is 6.47. The van der Waals surface area contributed by atoms with Crippen molar-refractivity contribution in [2.24, 2.45) is 5.92 Å². The van der Waals surface area contributed by atoms with Crippen LogP contribution in [0.3, 0.4) is 0 Å². The monoisotopic (exact) mass is 495 g/mol. The Balaban J connectivity index is 1.28. The number of hydrogen-bond acceptors (Lipinski definition) is 5. The maximum atomic E-state index is 12.7. The van der Waals surface area contributed by atoms with Gasteiger partial charge in [-0.1, -0.05) is 6.07 Å². The first kappa shape index (κ1) is 25.3. The molecule has 9 nitrogen and oxygen atoms in total. The number of urea groups is 1. The van der Waals surface area contributed by atoms with Crippen LogP contribution < -0.4 is 15.4 Å². The Morgan fingerprint density at radius 1 is 1.03 bits per heavy atom. The number of carbonyl (C=O) groups excluding carboxylic acids is 2. The van der Waals surface area contributed by atoms with Crippen LogP contribution in [-0.2, 0) is 22.5 Å². The maximum absolute atomic E-state index is 12.7. The molecule has 9 heteroatoms. The van der Waals surface area contributed by atoms with E-state index in [1.165, 1.54) is 0 Å². The highest BCUT2D eigenvalue weighted by Gasteiger charge is 2.28. The molecule has 36 heavy (non-hydrogen) atoms. The van der Waals surface area contributed by atoms with Gasteiger partial charge >= 0.3 is 18.1 Å². The van der Waals surface area contributed by atoms with E-state index in [1.807, 2.05) is 31.2 Å². The fourth-order valence-electron chi connectivity index (χ4n) is 4.89. The SMILES string of the molecule is COc1ccc(NC(=O)Nc2ccc3c(c2)CCN(C(=O)OC2CCC(CC(=O)O)CC2)C3)c(C)c1. The van der Waals surface area contributed by atoms with Crippen LogP contribution in [0.5, 0.6) is 5.75 Å². The van der Waals surface area contributed by atoms with E-state index in [4.69, 9.17) is 14.6 Å². The summed E-state index contributed by atoms with van der Waals surface area (Å²) in [6.07, 6.45) is 3.35. The Kier molecular flexibility index (Phi) is 7.97. The third-order valence-corrected chi connectivity index (χ3v) is 6.94. The first-order chi connectivity index (χ1) is 17.3. The molecule has 0 aromatic heterocycles. The summed E-state index contributed by atoms with van der Waals surface area (Å²) in [6.45, 7) is 2.90. The van der Waals surface area contributed by atoms with Crippen LogP contribution in [0.1, 0.15) is 48.8 Å². The first-order valence-electron chi connectivity index (χ1n) is 12.3. The first-order valence-corrected chi connectivity index (χ1v) is 12.3. The molecular formula is C27H33N3O6. The number of carboxylic acids is 1. The number of hydrogen-bond donors (Lipinski definition) is 3. The zero-order chi connectivity index (χ0) is 25.7. The molecule has 0 bridgehead atoms. The fraction of sp³-hybridized carbons (Fsp3) is 0.444. The largest absolute Gasteiger partial charge is 0.497 e. The van der Waals surface area contributed by atoms with Crippen LogP contribution in [0.25, 0.3) is 0 Å². The van der Waals surface area contributed by atoms with Gasteiger partial charge in [0.1, 0.15) is 11.9 Å². The van der Waals surface area contributed by atoms with Crippen LogP contribution in [0.2, 0.25) is 0 Å². The average Bonchev–Trinajstić information content (AvgIpc) is 2.85. The number of aryl methyl sites for hydroxylation is 1. The van der Waals surface area contributed by atoms with E-state index >= 15 is 0 Å². The molecule has 192 valence electrons. The molecule has 1 fully saturated rings. The minimum absolute atomic E-state index is 0.150. The van der Waals surface area contributed by atoms with E-state index in [2.05, 4.69) is 10.6 Å². The van der Waals surface area contributed by atoms with Crippen molar-refractivity contribution in [2.75, 3.05) is 24.3 Å². The fourth-order valence-corrected chi connectivity index (χ4v) is 4.89. The second kappa shape index (κ2) is 11.3. The molecule has 0 radical (unpaired) electrons. The molecule has 1 aliphatic carbocycles. The van der Waals surface area contributed by atoms with Gasteiger partial charge in [-0.2, -0.15) is 0 Å². The molecule has 0 spiro atoms. The number of nitrogens with zero attached hydrogens (tertiary/aromatic N) is 1. The summed E-state index contributed by atoms with van der Waals surface area (Å²) in [7, 11) is 1.60. The number of carbonyl (C=O) groups is 3. The summed E-state index contributed by atoms with van der Waals surface area (Å²) in [6, 6.07) is 10.8. The van der Waals surface area contributed by atoms with Crippen molar-refractivity contribution in [3.63, 3.8) is 0 Å². The summed E-state index contributed by atoms with van der Waals surface area (Å²) in [5.41, 5.74) is 4.41. The molecule has 0 saturated heterocycles. The van der Waals surface area contributed by atoms with Crippen LogP contribution >= 0.6 is 0 Å². The summed E-state index contributed by atoms with van der Waals surface area (Å²) in [4.78, 5) is 37.8. The zero-order valence-corrected chi connectivity index (χ0v) is 20.7. The number of benzene rings is 2. The van der Waals surface area contributed by atoms with E-state index < -0.39 is 5.97 Å². The smallest absolute Gasteiger partial charge is 0.410 e. The van der Waals surface area contributed by atoms with Crippen molar-refractivity contribution >= 4 is 29.5 Å². The number of amides is 3. The lowest BCUT2D eigenvalue weighted by Gasteiger charge is -2.32. The standard InChI is InChI=1S/C27H33N3O6/c1-17-13-23(35-2)9-10-24(17)29-26(33)28-21-6-5-20-16-30(12-11-19(20)15-21)27(34)36-22-7-3-18(4-8-22)14-25(31)32/h5-6,9-10,13,15,18,22H,3-4,7-8,11-12,14,16H2,1-2H3,(H,31,32)(H2,28,29,33). The molecule has 3 amide bonds. The number of fused-ring (bicyclic) bond motifs is 1. The lowest BCUT2D eigenvalue weighted by Crippen LogP contribution is -2.39. The molecule has 2 aromatic carbocycles. The number of methoxy groups -OCH3 is 1. The van der Waals surface area contributed by atoms with Crippen molar-refractivity contribution < 1.29 is 29.0 Å². The molecule has 3 N–H and O–H groups in total. The topological polar surface area (TPSA) is 117 Å². The van der Waals surface area contributed by atoms with Gasteiger partial charge in [0.05, 0.1) is 7.11 Å². The number of ether oxygens (including phenoxy) is 2. The lowest BCUT2D eigenvalue weighted by atomic mass is 9.85. The van der Waals surface area contributed by atoms with Crippen LogP contribution in [0.4, 0.5) is 21.0 Å². The van der Waals surface area contributed by atoms with Gasteiger partial charge in [0.2, 0.25) is 0 Å². The second-order valence-corrected chi connectivity index (χ2v) is 9.54. The lowest BCUT2D eigenvalue weighted by molar-refractivity contribution is -0.138. The van der Waals surface area contributed by atoms with Crippen LogP contribution in [0.15, 0.2) is 36.4 Å². The Bertz CT molecular complexity index is 1130. The molecule has 1 aliphatic heterocycles. The number of anilines is 2. The van der Waals surface area contributed by atoms with Crippen molar-refractivity contribution in [3.8, 4) is 5.75 Å². The molecule has 1 saturated carbocycles. The van der Waals surface area contributed by atoms with Crippen LogP contribution in [-0.4, -0.2) is 47.9 Å². The normalized spacial score (nSPS) is 19.1. The van der Waals surface area contributed by atoms with Gasteiger partial charge in [-0.3, -0.25) is 4.79 Å². The summed E-state index contributed by atoms with van der Waals surface area (Å²) in [5, 5.41) is 14.7. The Hall–Kier alpha value is -3.75. The predicted molar refractivity (Wildman–Crippen MR) is 135 cm³/mol. The molecule has 2 aliphatic rings. The second-order valence-electron chi connectivity index (χ2n) is 9.54. The van der Waals surface area contributed by atoms with Gasteiger partial charge in [0, 0.05) is 30.9 Å². The number of aliphatic carboxylic acids is 1. The van der Waals surface area contributed by atoms with E-state index in [-0.39, 0.29) is 30.6 Å². The minimum Gasteiger partial charge on any atom is -0.497 e. The highest BCUT2D eigenvalue weighted by Crippen LogP contribution is 2.30. The highest BCUT2D eigenvalue weighted by atomic mass is 16.6. The van der Waals surface area contributed by atoms with Crippen LogP contribution in [0, 0.1) is 12.8 Å². The molecule has 2 aromatic rings. The molecule has 0 atom stereocenters. The maximum Gasteiger partial charge on any atom is 0.410 e. The predicted octanol–water partition coefficient (Wildman–Crippen LogP) is 5.18. The highest BCUT2D eigenvalue weighted by molar-refractivity contribution is 6.00. The van der Waals surface area contributed by atoms with Crippen molar-refractivity contribution in [2.45, 2.75) is 58.1 Å². The average molecular weight is 496 g/mol. The molecule has 0 unspecified atom stereocenters. The van der Waals surface area contributed by atoms with Gasteiger partial charge < -0.3 is 30.1 Å². The van der Waals surface area contributed by atoms with Crippen molar-refractivity contribution in [1.82, 2.24) is 4.90 Å². The van der Waals surface area contributed by atoms with Gasteiger partial charge in [0.15, 0.2) is 0 Å². The van der Waals surface area contributed by atoms with Gasteiger partial charge in [-0.05, 0) is 92.0 Å².